The molecular weight excluding hydrogens is 268 g/mol. The first kappa shape index (κ1) is 13.1. The van der Waals surface area contributed by atoms with E-state index in [4.69, 9.17) is 0 Å². The van der Waals surface area contributed by atoms with Crippen LogP contribution in [0.4, 0.5) is 5.82 Å². The van der Waals surface area contributed by atoms with E-state index in [-0.39, 0.29) is 5.69 Å². The van der Waals surface area contributed by atoms with Crippen molar-refractivity contribution < 1.29 is 9.90 Å². The lowest BCUT2D eigenvalue weighted by molar-refractivity contribution is 0.0690. The Morgan fingerprint density at radius 1 is 1.33 bits per heavy atom. The van der Waals surface area contributed by atoms with E-state index in [9.17, 15) is 9.90 Å². The molecular formula is C15H14N4O2. The van der Waals surface area contributed by atoms with Gasteiger partial charge in [0.25, 0.3) is 0 Å². The van der Waals surface area contributed by atoms with Gasteiger partial charge in [-0.2, -0.15) is 0 Å². The molecule has 0 fully saturated rings. The van der Waals surface area contributed by atoms with E-state index in [1.54, 1.807) is 35.1 Å². The molecule has 0 unspecified atom stereocenters. The Labute approximate surface area is 121 Å². The van der Waals surface area contributed by atoms with Gasteiger partial charge in [-0.15, -0.1) is 0 Å². The second-order valence-electron chi connectivity index (χ2n) is 4.74. The van der Waals surface area contributed by atoms with Crippen LogP contribution in [0.1, 0.15) is 16.1 Å². The van der Waals surface area contributed by atoms with E-state index in [2.05, 4.69) is 9.97 Å². The molecule has 3 heterocycles. The first-order valence-corrected chi connectivity index (χ1v) is 6.47. The van der Waals surface area contributed by atoms with Crippen molar-refractivity contribution >= 4 is 17.4 Å². The van der Waals surface area contributed by atoms with Gasteiger partial charge in [0, 0.05) is 32.2 Å². The summed E-state index contributed by atoms with van der Waals surface area (Å²) in [5, 5.41) is 9.47. The highest BCUT2D eigenvalue weighted by Crippen LogP contribution is 2.22. The predicted octanol–water partition coefficient (Wildman–Crippen LogP) is 2.06. The Kier molecular flexibility index (Phi) is 3.27. The topological polar surface area (TPSA) is 70.7 Å². The van der Waals surface area contributed by atoms with Gasteiger partial charge in [-0.3, -0.25) is 9.38 Å². The molecule has 3 rings (SSSR count). The van der Waals surface area contributed by atoms with Gasteiger partial charge in [0.15, 0.2) is 11.5 Å². The van der Waals surface area contributed by atoms with Crippen molar-refractivity contribution in [2.75, 3.05) is 11.9 Å². The standard InChI is InChI=1S/C15H14N4O2/c1-18(10-11-5-4-7-16-9-11)14-13(15(20)21)19-8-3-2-6-12(19)17-14/h2-9H,10H2,1H3,(H,20,21). The van der Waals surface area contributed by atoms with Crippen LogP contribution < -0.4 is 4.90 Å². The Hall–Kier alpha value is -2.89. The van der Waals surface area contributed by atoms with Gasteiger partial charge in [0.2, 0.25) is 0 Å². The molecule has 0 atom stereocenters. The summed E-state index contributed by atoms with van der Waals surface area (Å²) in [6, 6.07) is 9.20. The lowest BCUT2D eigenvalue weighted by Gasteiger charge is -2.17. The summed E-state index contributed by atoms with van der Waals surface area (Å²) in [6.45, 7) is 0.540. The fraction of sp³-hybridized carbons (Fsp3) is 0.133. The van der Waals surface area contributed by atoms with Crippen LogP contribution in [-0.2, 0) is 6.54 Å². The molecule has 1 N–H and O–H groups in total. The average Bonchev–Trinajstić information content (AvgIpc) is 2.88. The zero-order valence-electron chi connectivity index (χ0n) is 11.5. The molecule has 6 heteroatoms. The number of imidazole rings is 1. The number of hydrogen-bond acceptors (Lipinski definition) is 4. The number of anilines is 1. The van der Waals surface area contributed by atoms with Crippen molar-refractivity contribution in [3.8, 4) is 0 Å². The third kappa shape index (κ3) is 2.43. The zero-order valence-corrected chi connectivity index (χ0v) is 11.5. The van der Waals surface area contributed by atoms with E-state index in [1.165, 1.54) is 0 Å². The number of pyridine rings is 2. The normalized spacial score (nSPS) is 10.7. The van der Waals surface area contributed by atoms with Gasteiger partial charge in [0.1, 0.15) is 5.65 Å². The summed E-state index contributed by atoms with van der Waals surface area (Å²) in [4.78, 5) is 21.8. The van der Waals surface area contributed by atoms with Crippen molar-refractivity contribution in [3.05, 3.63) is 60.2 Å². The summed E-state index contributed by atoms with van der Waals surface area (Å²) in [5.74, 6) is -0.556. The van der Waals surface area contributed by atoms with Crippen LogP contribution in [0.25, 0.3) is 5.65 Å². The molecule has 0 aliphatic carbocycles. The SMILES string of the molecule is CN(Cc1cccnc1)c1nc2ccccn2c1C(=O)O. The molecule has 0 aliphatic heterocycles. The monoisotopic (exact) mass is 282 g/mol. The number of rotatable bonds is 4. The Morgan fingerprint density at radius 2 is 2.19 bits per heavy atom. The first-order valence-electron chi connectivity index (χ1n) is 6.47. The van der Waals surface area contributed by atoms with Crippen molar-refractivity contribution in [2.45, 2.75) is 6.54 Å². The van der Waals surface area contributed by atoms with Crippen LogP contribution in [0.5, 0.6) is 0 Å². The molecule has 0 aliphatic rings. The summed E-state index contributed by atoms with van der Waals surface area (Å²) in [5.41, 5.74) is 1.77. The van der Waals surface area contributed by atoms with Crippen LogP contribution in [0, 0.1) is 0 Å². The fourth-order valence-corrected chi connectivity index (χ4v) is 2.29. The van der Waals surface area contributed by atoms with Crippen LogP contribution in [0.15, 0.2) is 48.9 Å². The van der Waals surface area contributed by atoms with Gasteiger partial charge in [-0.1, -0.05) is 12.1 Å². The molecule has 6 nitrogen and oxygen atoms in total. The largest absolute Gasteiger partial charge is 0.476 e. The van der Waals surface area contributed by atoms with E-state index < -0.39 is 5.97 Å². The van der Waals surface area contributed by atoms with Crippen LogP contribution in [0.3, 0.4) is 0 Å². The highest BCUT2D eigenvalue weighted by Gasteiger charge is 2.21. The molecule has 0 saturated heterocycles. The Bertz CT molecular complexity index is 783. The van der Waals surface area contributed by atoms with Crippen LogP contribution in [0.2, 0.25) is 0 Å². The van der Waals surface area contributed by atoms with Crippen molar-refractivity contribution in [1.29, 1.82) is 0 Å². The quantitative estimate of drug-likeness (QED) is 0.793. The second kappa shape index (κ2) is 5.24. The second-order valence-corrected chi connectivity index (χ2v) is 4.74. The number of aromatic carboxylic acids is 1. The highest BCUT2D eigenvalue weighted by molar-refractivity contribution is 5.93. The molecule has 0 bridgehead atoms. The molecule has 0 saturated carbocycles. The van der Waals surface area contributed by atoms with E-state index in [1.807, 2.05) is 30.1 Å². The summed E-state index contributed by atoms with van der Waals surface area (Å²) in [7, 11) is 1.82. The molecule has 21 heavy (non-hydrogen) atoms. The van der Waals surface area contributed by atoms with E-state index in [0.29, 0.717) is 18.0 Å². The molecule has 3 aromatic heterocycles. The minimum absolute atomic E-state index is 0.164. The van der Waals surface area contributed by atoms with Crippen molar-refractivity contribution in [1.82, 2.24) is 14.4 Å². The van der Waals surface area contributed by atoms with Gasteiger partial charge in [-0.25, -0.2) is 9.78 Å². The average molecular weight is 282 g/mol. The lowest BCUT2D eigenvalue weighted by atomic mass is 10.2. The van der Waals surface area contributed by atoms with Gasteiger partial charge >= 0.3 is 5.97 Å². The maximum atomic E-state index is 11.6. The Morgan fingerprint density at radius 3 is 2.90 bits per heavy atom. The number of fused-ring (bicyclic) bond motifs is 1. The van der Waals surface area contributed by atoms with Gasteiger partial charge in [0.05, 0.1) is 0 Å². The van der Waals surface area contributed by atoms with E-state index in [0.717, 1.165) is 5.56 Å². The minimum Gasteiger partial charge on any atom is -0.476 e. The summed E-state index contributed by atoms with van der Waals surface area (Å²) >= 11 is 0. The van der Waals surface area contributed by atoms with Crippen molar-refractivity contribution in [3.63, 3.8) is 0 Å². The Balaban J connectivity index is 2.03. The van der Waals surface area contributed by atoms with Gasteiger partial charge in [-0.05, 0) is 23.8 Å². The highest BCUT2D eigenvalue weighted by atomic mass is 16.4. The molecule has 106 valence electrons. The molecule has 3 aromatic rings. The molecule has 0 radical (unpaired) electrons. The van der Waals surface area contributed by atoms with Crippen molar-refractivity contribution in [2.24, 2.45) is 0 Å². The summed E-state index contributed by atoms with van der Waals surface area (Å²) < 4.78 is 1.58. The number of nitrogens with zero attached hydrogens (tertiary/aromatic N) is 4. The number of hydrogen-bond donors (Lipinski definition) is 1. The number of carboxylic acids is 1. The third-order valence-corrected chi connectivity index (χ3v) is 3.22. The maximum absolute atomic E-state index is 11.6. The lowest BCUT2D eigenvalue weighted by Crippen LogP contribution is -2.20. The van der Waals surface area contributed by atoms with E-state index >= 15 is 0 Å². The number of carbonyl (C=O) groups is 1. The third-order valence-electron chi connectivity index (χ3n) is 3.22. The summed E-state index contributed by atoms with van der Waals surface area (Å²) in [6.07, 6.45) is 5.16. The first-order chi connectivity index (χ1) is 10.2. The van der Waals surface area contributed by atoms with Crippen LogP contribution in [-0.4, -0.2) is 32.5 Å². The number of carboxylic acid groups (broad SMARTS) is 1. The molecule has 0 spiro atoms. The zero-order chi connectivity index (χ0) is 14.8. The maximum Gasteiger partial charge on any atom is 0.356 e. The molecule has 0 amide bonds. The smallest absolute Gasteiger partial charge is 0.356 e. The van der Waals surface area contributed by atoms with Gasteiger partial charge < -0.3 is 10.0 Å². The minimum atomic E-state index is -0.998. The van der Waals surface area contributed by atoms with Crippen LogP contribution >= 0.6 is 0 Å². The predicted molar refractivity (Wildman–Crippen MR) is 78.5 cm³/mol. The molecule has 0 aromatic carbocycles. The number of aromatic nitrogens is 3. The fourth-order valence-electron chi connectivity index (χ4n) is 2.29.